The quantitative estimate of drug-likeness (QED) is 0.282. The molecule has 1 unspecified atom stereocenters. The van der Waals surface area contributed by atoms with Crippen molar-refractivity contribution in [1.29, 1.82) is 0 Å². The Labute approximate surface area is 186 Å². The van der Waals surface area contributed by atoms with E-state index in [0.29, 0.717) is 11.5 Å². The summed E-state index contributed by atoms with van der Waals surface area (Å²) in [5.41, 5.74) is 1.78. The zero-order valence-corrected chi connectivity index (χ0v) is 19.0. The lowest BCUT2D eigenvalue weighted by Gasteiger charge is -2.36. The summed E-state index contributed by atoms with van der Waals surface area (Å²) in [7, 11) is 0. The number of aryl methyl sites for hydroxylation is 2. The van der Waals surface area contributed by atoms with Gasteiger partial charge in [-0.1, -0.05) is 41.5 Å². The van der Waals surface area contributed by atoms with Crippen LogP contribution in [0.25, 0.3) is 0 Å². The van der Waals surface area contributed by atoms with Crippen LogP contribution in [0.3, 0.4) is 0 Å². The van der Waals surface area contributed by atoms with Crippen molar-refractivity contribution in [3.63, 3.8) is 0 Å². The van der Waals surface area contributed by atoms with Crippen molar-refractivity contribution in [2.45, 2.75) is 30.6 Å². The fourth-order valence-corrected chi connectivity index (χ4v) is 5.87. The van der Waals surface area contributed by atoms with Crippen molar-refractivity contribution in [2.75, 3.05) is 11.5 Å². The molecular weight excluding hydrogens is 414 g/mol. The minimum atomic E-state index is -0.645. The molecule has 0 aromatic heterocycles. The molecule has 0 aliphatic heterocycles. The standard InChI is InChI=1S/C24H25NO3S2/c1-17-4-9-21(10-5-17)29-15-24(16-30-22-11-6-18(2)7-12-22)14-20(25(27)28)8-13-23(24)19(3)26/h4-14,23H,15-16H2,1-3H3. The second-order valence-corrected chi connectivity index (χ2v) is 9.81. The van der Waals surface area contributed by atoms with Gasteiger partial charge in [0, 0.05) is 44.8 Å². The van der Waals surface area contributed by atoms with E-state index in [2.05, 4.69) is 48.5 Å². The van der Waals surface area contributed by atoms with E-state index in [1.54, 1.807) is 42.6 Å². The maximum absolute atomic E-state index is 12.5. The number of nitro groups is 1. The van der Waals surface area contributed by atoms with Gasteiger partial charge in [-0.05, 0) is 45.0 Å². The summed E-state index contributed by atoms with van der Waals surface area (Å²) in [5, 5.41) is 11.5. The number of hydrogen-bond acceptors (Lipinski definition) is 5. The van der Waals surface area contributed by atoms with Crippen LogP contribution in [0.1, 0.15) is 18.1 Å². The van der Waals surface area contributed by atoms with E-state index in [1.165, 1.54) is 17.2 Å². The molecule has 0 bridgehead atoms. The molecule has 2 aromatic carbocycles. The lowest BCUT2D eigenvalue weighted by atomic mass is 9.73. The summed E-state index contributed by atoms with van der Waals surface area (Å²) in [6.07, 6.45) is 4.89. The highest BCUT2D eigenvalue weighted by Gasteiger charge is 2.42. The largest absolute Gasteiger partial charge is 0.299 e. The van der Waals surface area contributed by atoms with Crippen LogP contribution < -0.4 is 0 Å². The highest BCUT2D eigenvalue weighted by molar-refractivity contribution is 8.00. The smallest absolute Gasteiger partial charge is 0.265 e. The van der Waals surface area contributed by atoms with E-state index < -0.39 is 11.3 Å². The lowest BCUT2D eigenvalue weighted by molar-refractivity contribution is -0.420. The van der Waals surface area contributed by atoms with Crippen molar-refractivity contribution in [3.05, 3.63) is 93.7 Å². The molecule has 0 amide bonds. The number of rotatable bonds is 8. The van der Waals surface area contributed by atoms with E-state index in [1.807, 2.05) is 13.8 Å². The van der Waals surface area contributed by atoms with E-state index in [9.17, 15) is 14.9 Å². The van der Waals surface area contributed by atoms with Crippen LogP contribution in [0.5, 0.6) is 0 Å². The topological polar surface area (TPSA) is 60.2 Å². The summed E-state index contributed by atoms with van der Waals surface area (Å²) in [6.45, 7) is 5.65. The third-order valence-electron chi connectivity index (χ3n) is 5.22. The zero-order valence-electron chi connectivity index (χ0n) is 17.3. The Hall–Kier alpha value is -2.31. The molecule has 0 N–H and O–H groups in total. The van der Waals surface area contributed by atoms with Crippen LogP contribution in [-0.4, -0.2) is 22.2 Å². The summed E-state index contributed by atoms with van der Waals surface area (Å²) >= 11 is 3.28. The third-order valence-corrected chi connectivity index (χ3v) is 7.79. The first-order valence-corrected chi connectivity index (χ1v) is 11.7. The maximum Gasteiger partial charge on any atom is 0.265 e. The predicted molar refractivity (Wildman–Crippen MR) is 125 cm³/mol. The Morgan fingerprint density at radius 1 is 0.967 bits per heavy atom. The molecule has 0 heterocycles. The second-order valence-electron chi connectivity index (χ2n) is 7.71. The molecule has 30 heavy (non-hydrogen) atoms. The Balaban J connectivity index is 1.93. The first-order chi connectivity index (χ1) is 14.3. The molecule has 3 rings (SSSR count). The van der Waals surface area contributed by atoms with Crippen LogP contribution in [-0.2, 0) is 4.79 Å². The normalized spacial score (nSPS) is 17.4. The lowest BCUT2D eigenvalue weighted by Crippen LogP contribution is -2.39. The number of allylic oxidation sites excluding steroid dienone is 3. The van der Waals surface area contributed by atoms with Crippen molar-refractivity contribution < 1.29 is 9.72 Å². The van der Waals surface area contributed by atoms with E-state index >= 15 is 0 Å². The summed E-state index contributed by atoms with van der Waals surface area (Å²) in [5.74, 6) is 0.804. The molecule has 4 nitrogen and oxygen atoms in total. The Morgan fingerprint density at radius 2 is 1.43 bits per heavy atom. The number of benzene rings is 2. The van der Waals surface area contributed by atoms with Crippen LogP contribution in [0.4, 0.5) is 0 Å². The number of ketones is 1. The third kappa shape index (κ3) is 5.43. The number of Topliss-reactive ketones (excluding diaryl/α,β-unsaturated/α-hetero) is 1. The zero-order chi connectivity index (χ0) is 21.7. The number of hydrogen-bond donors (Lipinski definition) is 0. The number of nitrogens with zero attached hydrogens (tertiary/aromatic N) is 1. The predicted octanol–water partition coefficient (Wildman–Crippen LogP) is 6.11. The van der Waals surface area contributed by atoms with Gasteiger partial charge in [-0.25, -0.2) is 0 Å². The van der Waals surface area contributed by atoms with E-state index in [-0.39, 0.29) is 16.4 Å². The Morgan fingerprint density at radius 3 is 1.83 bits per heavy atom. The van der Waals surface area contributed by atoms with Crippen LogP contribution in [0.2, 0.25) is 0 Å². The van der Waals surface area contributed by atoms with Crippen molar-refractivity contribution in [3.8, 4) is 0 Å². The SMILES string of the molecule is CC(=O)C1C=CC([N+](=O)[O-])=CC1(CSc1ccc(C)cc1)CSc1ccc(C)cc1. The molecule has 156 valence electrons. The van der Waals surface area contributed by atoms with Crippen molar-refractivity contribution in [2.24, 2.45) is 11.3 Å². The molecule has 0 radical (unpaired) electrons. The van der Waals surface area contributed by atoms with Gasteiger partial charge in [0.05, 0.1) is 4.92 Å². The Bertz CT molecular complexity index is 929. The minimum absolute atomic E-state index is 0.0268. The summed E-state index contributed by atoms with van der Waals surface area (Å²) in [4.78, 5) is 25.9. The van der Waals surface area contributed by atoms with E-state index in [4.69, 9.17) is 0 Å². The molecular formula is C24H25NO3S2. The highest BCUT2D eigenvalue weighted by atomic mass is 32.2. The molecule has 1 atom stereocenters. The van der Waals surface area contributed by atoms with Gasteiger partial charge in [0.2, 0.25) is 0 Å². The van der Waals surface area contributed by atoms with Gasteiger partial charge < -0.3 is 0 Å². The van der Waals surface area contributed by atoms with Gasteiger partial charge in [0.1, 0.15) is 5.78 Å². The highest BCUT2D eigenvalue weighted by Crippen LogP contribution is 2.44. The monoisotopic (exact) mass is 439 g/mol. The van der Waals surface area contributed by atoms with Gasteiger partial charge in [0.25, 0.3) is 5.70 Å². The van der Waals surface area contributed by atoms with E-state index in [0.717, 1.165) is 9.79 Å². The van der Waals surface area contributed by atoms with Crippen molar-refractivity contribution >= 4 is 29.3 Å². The summed E-state index contributed by atoms with van der Waals surface area (Å²) < 4.78 is 0. The molecule has 0 saturated carbocycles. The maximum atomic E-state index is 12.5. The van der Waals surface area contributed by atoms with Crippen LogP contribution >= 0.6 is 23.5 Å². The fraction of sp³-hybridized carbons (Fsp3) is 0.292. The molecule has 0 saturated heterocycles. The van der Waals surface area contributed by atoms with Crippen LogP contribution in [0, 0.1) is 35.3 Å². The van der Waals surface area contributed by atoms with Gasteiger partial charge in [0.15, 0.2) is 0 Å². The molecule has 1 aliphatic rings. The van der Waals surface area contributed by atoms with Gasteiger partial charge in [-0.15, -0.1) is 23.5 Å². The summed E-state index contributed by atoms with van der Waals surface area (Å²) in [6, 6.07) is 16.4. The van der Waals surface area contributed by atoms with Gasteiger partial charge in [-0.2, -0.15) is 0 Å². The second kappa shape index (κ2) is 9.67. The van der Waals surface area contributed by atoms with Crippen molar-refractivity contribution in [1.82, 2.24) is 0 Å². The van der Waals surface area contributed by atoms with Gasteiger partial charge >= 0.3 is 0 Å². The average molecular weight is 440 g/mol. The molecule has 6 heteroatoms. The number of thioether (sulfide) groups is 2. The number of carbonyl (C=O) groups is 1. The first kappa shape index (κ1) is 22.4. The van der Waals surface area contributed by atoms with Crippen LogP contribution in [0.15, 0.2) is 82.2 Å². The minimum Gasteiger partial charge on any atom is -0.299 e. The number of carbonyl (C=O) groups excluding carboxylic acids is 1. The molecule has 1 aliphatic carbocycles. The average Bonchev–Trinajstić information content (AvgIpc) is 2.72. The Kier molecular flexibility index (Phi) is 7.21. The molecule has 0 fully saturated rings. The first-order valence-electron chi connectivity index (χ1n) is 9.74. The molecule has 2 aromatic rings. The molecule has 0 spiro atoms. The fourth-order valence-electron chi connectivity index (χ4n) is 3.48. The van der Waals surface area contributed by atoms with Gasteiger partial charge in [-0.3, -0.25) is 14.9 Å².